The number of aromatic nitrogens is 2. The molecule has 0 aliphatic heterocycles. The van der Waals surface area contributed by atoms with E-state index < -0.39 is 11.5 Å². The fraction of sp³-hybridized carbons (Fsp3) is 0.462. The summed E-state index contributed by atoms with van der Waals surface area (Å²) in [6.07, 6.45) is 5.37. The lowest BCUT2D eigenvalue weighted by molar-refractivity contribution is 0.0690. The number of hydrogen-bond acceptors (Lipinski definition) is 3. The molecule has 2 amide bonds. The number of nitrogens with one attached hydrogen (secondary N) is 2. The smallest absolute Gasteiger partial charge is 0.353 e. The van der Waals surface area contributed by atoms with E-state index in [0.717, 1.165) is 19.3 Å². The number of carboxylic acids is 1. The minimum absolute atomic E-state index is 0.0278. The molecule has 0 radical (unpaired) electrons. The number of carbonyl (C=O) groups excluding carboxylic acids is 1. The number of hydrogen-bond donors (Lipinski definition) is 3. The first-order valence-electron chi connectivity index (χ1n) is 6.41. The third-order valence-corrected chi connectivity index (χ3v) is 3.56. The molecule has 1 aliphatic carbocycles. The molecule has 0 aromatic carbocycles. The number of carbonyl (C=O) groups is 2. The normalized spacial score (nSPS) is 16.1. The average Bonchev–Trinajstić information content (AvgIpc) is 2.83. The monoisotopic (exact) mass is 278 g/mol. The molecule has 20 heavy (non-hydrogen) atoms. The van der Waals surface area contributed by atoms with Gasteiger partial charge in [-0.15, -0.1) is 6.58 Å². The van der Waals surface area contributed by atoms with Crippen molar-refractivity contribution in [1.82, 2.24) is 20.2 Å². The van der Waals surface area contributed by atoms with Crippen molar-refractivity contribution in [2.75, 3.05) is 13.6 Å². The van der Waals surface area contributed by atoms with E-state index in [1.54, 1.807) is 13.1 Å². The fourth-order valence-corrected chi connectivity index (χ4v) is 2.20. The van der Waals surface area contributed by atoms with Crippen molar-refractivity contribution in [2.24, 2.45) is 0 Å². The standard InChI is InChI=1S/C13H18N4O3/c1-3-7-17(2)12(20)16-13(5-4-6-13)11-14-8-9(15-11)10(18)19/h3,8H,1,4-7H2,2H3,(H,14,15)(H,16,20)(H,18,19). The molecule has 0 unspecified atom stereocenters. The minimum atomic E-state index is -1.06. The second-order valence-corrected chi connectivity index (χ2v) is 4.99. The van der Waals surface area contributed by atoms with Crippen LogP contribution in [0.25, 0.3) is 0 Å². The highest BCUT2D eigenvalue weighted by Gasteiger charge is 2.43. The Labute approximate surface area is 116 Å². The van der Waals surface area contributed by atoms with Crippen molar-refractivity contribution in [3.8, 4) is 0 Å². The Kier molecular flexibility index (Phi) is 3.78. The topological polar surface area (TPSA) is 98.3 Å². The molecule has 0 spiro atoms. The third kappa shape index (κ3) is 2.52. The molecular weight excluding hydrogens is 260 g/mol. The molecule has 3 N–H and O–H groups in total. The predicted molar refractivity (Wildman–Crippen MR) is 72.4 cm³/mol. The molecule has 1 heterocycles. The van der Waals surface area contributed by atoms with Crippen LogP contribution in [0.4, 0.5) is 4.79 Å². The number of amides is 2. The molecule has 0 bridgehead atoms. The second-order valence-electron chi connectivity index (χ2n) is 4.99. The molecule has 108 valence electrons. The molecule has 7 nitrogen and oxygen atoms in total. The summed E-state index contributed by atoms with van der Waals surface area (Å²) in [6, 6.07) is -0.224. The highest BCUT2D eigenvalue weighted by molar-refractivity contribution is 5.85. The van der Waals surface area contributed by atoms with Gasteiger partial charge in [0.1, 0.15) is 11.5 Å². The summed E-state index contributed by atoms with van der Waals surface area (Å²) in [5, 5.41) is 11.9. The molecular formula is C13H18N4O3. The second kappa shape index (κ2) is 5.36. The first-order chi connectivity index (χ1) is 9.48. The van der Waals surface area contributed by atoms with Crippen LogP contribution in [0, 0.1) is 0 Å². The molecule has 7 heteroatoms. The summed E-state index contributed by atoms with van der Waals surface area (Å²) in [5.74, 6) is -0.560. The van der Waals surface area contributed by atoms with E-state index in [0.29, 0.717) is 12.4 Å². The number of rotatable bonds is 5. The summed E-state index contributed by atoms with van der Waals surface area (Å²) in [4.78, 5) is 31.3. The third-order valence-electron chi connectivity index (χ3n) is 3.56. The van der Waals surface area contributed by atoms with Gasteiger partial charge in [0.2, 0.25) is 0 Å². The zero-order valence-electron chi connectivity index (χ0n) is 11.3. The lowest BCUT2D eigenvalue weighted by Gasteiger charge is -2.41. The van der Waals surface area contributed by atoms with Crippen LogP contribution in [-0.4, -0.2) is 45.6 Å². The lowest BCUT2D eigenvalue weighted by atomic mass is 9.76. The molecule has 1 aromatic heterocycles. The largest absolute Gasteiger partial charge is 0.477 e. The van der Waals surface area contributed by atoms with E-state index in [2.05, 4.69) is 21.9 Å². The molecule has 1 fully saturated rings. The van der Waals surface area contributed by atoms with Gasteiger partial charge in [-0.1, -0.05) is 6.08 Å². The van der Waals surface area contributed by atoms with E-state index in [1.807, 2.05) is 0 Å². The van der Waals surface area contributed by atoms with Gasteiger partial charge in [0.15, 0.2) is 0 Å². The minimum Gasteiger partial charge on any atom is -0.477 e. The number of likely N-dealkylation sites (N-methyl/N-ethyl adjacent to an activating group) is 1. The van der Waals surface area contributed by atoms with E-state index in [9.17, 15) is 9.59 Å². The van der Waals surface area contributed by atoms with Crippen molar-refractivity contribution in [2.45, 2.75) is 24.8 Å². The Balaban J connectivity index is 2.14. The van der Waals surface area contributed by atoms with E-state index in [-0.39, 0.29) is 11.7 Å². The highest BCUT2D eigenvalue weighted by Crippen LogP contribution is 2.39. The number of carboxylic acid groups (broad SMARTS) is 1. The number of aromatic carboxylic acids is 1. The van der Waals surface area contributed by atoms with Gasteiger partial charge in [0.05, 0.1) is 11.7 Å². The SMILES string of the molecule is C=CCN(C)C(=O)NC1(c2ncc(C(=O)O)[nH]2)CCC1. The number of H-pyrrole nitrogens is 1. The van der Waals surface area contributed by atoms with Crippen LogP contribution in [0.15, 0.2) is 18.9 Å². The van der Waals surface area contributed by atoms with Crippen molar-refractivity contribution in [3.05, 3.63) is 30.4 Å². The summed E-state index contributed by atoms with van der Waals surface area (Å²) in [6.45, 7) is 4.03. The molecule has 0 atom stereocenters. The Morgan fingerprint density at radius 3 is 2.80 bits per heavy atom. The van der Waals surface area contributed by atoms with Crippen molar-refractivity contribution in [3.63, 3.8) is 0 Å². The van der Waals surface area contributed by atoms with Gasteiger partial charge in [-0.05, 0) is 19.3 Å². The van der Waals surface area contributed by atoms with Crippen LogP contribution in [0.5, 0.6) is 0 Å². The van der Waals surface area contributed by atoms with Crippen LogP contribution in [0.1, 0.15) is 35.6 Å². The molecule has 0 saturated heterocycles. The van der Waals surface area contributed by atoms with Gasteiger partial charge in [-0.3, -0.25) is 0 Å². The summed E-state index contributed by atoms with van der Waals surface area (Å²) < 4.78 is 0. The van der Waals surface area contributed by atoms with Crippen molar-refractivity contribution >= 4 is 12.0 Å². The maximum absolute atomic E-state index is 12.1. The van der Waals surface area contributed by atoms with Crippen molar-refractivity contribution < 1.29 is 14.7 Å². The van der Waals surface area contributed by atoms with Gasteiger partial charge in [0.25, 0.3) is 0 Å². The van der Waals surface area contributed by atoms with Crippen LogP contribution in [0.3, 0.4) is 0 Å². The van der Waals surface area contributed by atoms with Crippen molar-refractivity contribution in [1.29, 1.82) is 0 Å². The van der Waals surface area contributed by atoms with Crippen LogP contribution in [-0.2, 0) is 5.54 Å². The van der Waals surface area contributed by atoms with Gasteiger partial charge in [-0.25, -0.2) is 14.6 Å². The lowest BCUT2D eigenvalue weighted by Crippen LogP contribution is -2.54. The summed E-state index contributed by atoms with van der Waals surface area (Å²) in [5.41, 5.74) is -0.555. The first-order valence-corrected chi connectivity index (χ1v) is 6.41. The van der Waals surface area contributed by atoms with E-state index >= 15 is 0 Å². The van der Waals surface area contributed by atoms with Gasteiger partial charge >= 0.3 is 12.0 Å². The number of nitrogens with zero attached hydrogens (tertiary/aromatic N) is 2. The fourth-order valence-electron chi connectivity index (χ4n) is 2.20. The Morgan fingerprint density at radius 2 is 2.35 bits per heavy atom. The van der Waals surface area contributed by atoms with Crippen LogP contribution >= 0.6 is 0 Å². The maximum atomic E-state index is 12.1. The summed E-state index contributed by atoms with van der Waals surface area (Å²) in [7, 11) is 1.67. The van der Waals surface area contributed by atoms with E-state index in [4.69, 9.17) is 5.11 Å². The predicted octanol–water partition coefficient (Wildman–Crippen LogP) is 1.31. The molecule has 1 aromatic rings. The quantitative estimate of drug-likeness (QED) is 0.707. The highest BCUT2D eigenvalue weighted by atomic mass is 16.4. The summed E-state index contributed by atoms with van der Waals surface area (Å²) >= 11 is 0. The maximum Gasteiger partial charge on any atom is 0.353 e. The van der Waals surface area contributed by atoms with Gasteiger partial charge in [-0.2, -0.15) is 0 Å². The van der Waals surface area contributed by atoms with Gasteiger partial charge in [0, 0.05) is 13.6 Å². The zero-order valence-corrected chi connectivity index (χ0v) is 11.3. The molecule has 1 saturated carbocycles. The first kappa shape index (κ1) is 14.1. The Morgan fingerprint density at radius 1 is 1.65 bits per heavy atom. The van der Waals surface area contributed by atoms with Crippen LogP contribution < -0.4 is 5.32 Å². The number of urea groups is 1. The van der Waals surface area contributed by atoms with Crippen LogP contribution in [0.2, 0.25) is 0 Å². The Bertz CT molecular complexity index is 533. The number of aromatic amines is 1. The molecule has 2 rings (SSSR count). The molecule has 1 aliphatic rings. The zero-order chi connectivity index (χ0) is 14.8. The number of imidazole rings is 1. The average molecular weight is 278 g/mol. The van der Waals surface area contributed by atoms with Gasteiger partial charge < -0.3 is 20.3 Å². The van der Waals surface area contributed by atoms with E-state index in [1.165, 1.54) is 11.1 Å². The Hall–Kier alpha value is -2.31.